The highest BCUT2D eigenvalue weighted by Gasteiger charge is 2.20. The summed E-state index contributed by atoms with van der Waals surface area (Å²) >= 11 is 0. The molecular formula is C22H21N3O4. The molecule has 0 bridgehead atoms. The van der Waals surface area contributed by atoms with Crippen LogP contribution in [0.2, 0.25) is 0 Å². The third-order valence-corrected chi connectivity index (χ3v) is 4.75. The third-order valence-electron chi connectivity index (χ3n) is 4.75. The fourth-order valence-corrected chi connectivity index (χ4v) is 3.35. The SMILES string of the molecule is COCc1cc(Oc2cccc(C(=O)O)c2)nc(N2CCc3ccccc3C2)n1. The summed E-state index contributed by atoms with van der Waals surface area (Å²) in [5, 5.41) is 9.18. The number of hydrogen-bond donors (Lipinski definition) is 1. The third kappa shape index (κ3) is 4.35. The van der Waals surface area contributed by atoms with E-state index in [2.05, 4.69) is 33.1 Å². The van der Waals surface area contributed by atoms with Crippen molar-refractivity contribution >= 4 is 11.9 Å². The van der Waals surface area contributed by atoms with Crippen LogP contribution in [0.15, 0.2) is 54.6 Å². The Kier molecular flexibility index (Phi) is 5.39. The molecule has 0 saturated heterocycles. The van der Waals surface area contributed by atoms with Crippen LogP contribution in [0.25, 0.3) is 0 Å². The van der Waals surface area contributed by atoms with E-state index in [9.17, 15) is 9.90 Å². The predicted molar refractivity (Wildman–Crippen MR) is 107 cm³/mol. The van der Waals surface area contributed by atoms with E-state index in [4.69, 9.17) is 9.47 Å². The lowest BCUT2D eigenvalue weighted by atomic mass is 10.0. The normalized spacial score (nSPS) is 13.1. The van der Waals surface area contributed by atoms with Gasteiger partial charge in [0.05, 0.1) is 17.9 Å². The van der Waals surface area contributed by atoms with Crippen molar-refractivity contribution in [3.8, 4) is 11.6 Å². The Morgan fingerprint density at radius 3 is 2.72 bits per heavy atom. The van der Waals surface area contributed by atoms with Gasteiger partial charge in [-0.25, -0.2) is 9.78 Å². The molecule has 4 rings (SSSR count). The van der Waals surface area contributed by atoms with E-state index in [0.29, 0.717) is 29.9 Å². The first-order valence-electron chi connectivity index (χ1n) is 9.32. The molecule has 7 nitrogen and oxygen atoms in total. The van der Waals surface area contributed by atoms with Gasteiger partial charge in [-0.15, -0.1) is 0 Å². The largest absolute Gasteiger partial charge is 0.478 e. The van der Waals surface area contributed by atoms with Crippen LogP contribution in [0.3, 0.4) is 0 Å². The van der Waals surface area contributed by atoms with Gasteiger partial charge in [0.2, 0.25) is 11.8 Å². The molecule has 0 radical (unpaired) electrons. The summed E-state index contributed by atoms with van der Waals surface area (Å²) in [5.41, 5.74) is 3.46. The highest BCUT2D eigenvalue weighted by Crippen LogP contribution is 2.27. The van der Waals surface area contributed by atoms with Gasteiger partial charge >= 0.3 is 5.97 Å². The summed E-state index contributed by atoms with van der Waals surface area (Å²) in [6, 6.07) is 16.4. The Balaban J connectivity index is 1.63. The van der Waals surface area contributed by atoms with Crippen molar-refractivity contribution in [3.63, 3.8) is 0 Å². The lowest BCUT2D eigenvalue weighted by Gasteiger charge is -2.29. The van der Waals surface area contributed by atoms with Crippen LogP contribution in [0.5, 0.6) is 11.6 Å². The molecule has 29 heavy (non-hydrogen) atoms. The number of carbonyl (C=O) groups is 1. The second-order valence-electron chi connectivity index (χ2n) is 6.81. The highest BCUT2D eigenvalue weighted by molar-refractivity contribution is 5.88. The van der Waals surface area contributed by atoms with E-state index < -0.39 is 5.97 Å². The summed E-state index contributed by atoms with van der Waals surface area (Å²) in [7, 11) is 1.61. The van der Waals surface area contributed by atoms with Gasteiger partial charge in [0.15, 0.2) is 0 Å². The number of aromatic nitrogens is 2. The van der Waals surface area contributed by atoms with Gasteiger partial charge in [-0.05, 0) is 35.7 Å². The lowest BCUT2D eigenvalue weighted by molar-refractivity contribution is 0.0696. The molecule has 0 aliphatic carbocycles. The van der Waals surface area contributed by atoms with Crippen molar-refractivity contribution < 1.29 is 19.4 Å². The van der Waals surface area contributed by atoms with Gasteiger partial charge < -0.3 is 19.5 Å². The standard InChI is InChI=1S/C22H21N3O4/c1-28-14-18-12-20(29-19-8-4-7-16(11-19)21(26)27)24-22(23-18)25-10-9-15-5-2-3-6-17(15)13-25/h2-8,11-12H,9-10,13-14H2,1H3,(H,26,27). The minimum atomic E-state index is -1.01. The van der Waals surface area contributed by atoms with Crippen LogP contribution >= 0.6 is 0 Å². The van der Waals surface area contributed by atoms with E-state index in [1.54, 1.807) is 25.3 Å². The molecule has 7 heteroatoms. The Morgan fingerprint density at radius 1 is 1.10 bits per heavy atom. The fourth-order valence-electron chi connectivity index (χ4n) is 3.35. The molecule has 0 amide bonds. The van der Waals surface area contributed by atoms with Crippen molar-refractivity contribution in [2.24, 2.45) is 0 Å². The Bertz CT molecular complexity index is 1040. The van der Waals surface area contributed by atoms with Gasteiger partial charge in [0, 0.05) is 26.3 Å². The first-order chi connectivity index (χ1) is 14.1. The number of rotatable bonds is 6. The first kappa shape index (κ1) is 18.9. The number of anilines is 1. The van der Waals surface area contributed by atoms with Crippen LogP contribution in [-0.2, 0) is 24.3 Å². The topological polar surface area (TPSA) is 84.8 Å². The molecular weight excluding hydrogens is 370 g/mol. The van der Waals surface area contributed by atoms with Crippen molar-refractivity contribution in [2.45, 2.75) is 19.6 Å². The van der Waals surface area contributed by atoms with E-state index in [-0.39, 0.29) is 5.56 Å². The molecule has 3 aromatic rings. The number of benzene rings is 2. The fraction of sp³-hybridized carbons (Fsp3) is 0.227. The average molecular weight is 391 g/mol. The quantitative estimate of drug-likeness (QED) is 0.686. The van der Waals surface area contributed by atoms with Crippen LogP contribution in [0.1, 0.15) is 27.2 Å². The molecule has 2 aromatic carbocycles. The number of fused-ring (bicyclic) bond motifs is 1. The molecule has 0 unspecified atom stereocenters. The molecule has 0 atom stereocenters. The molecule has 1 aromatic heterocycles. The first-order valence-corrected chi connectivity index (χ1v) is 9.32. The number of ether oxygens (including phenoxy) is 2. The summed E-state index contributed by atoms with van der Waals surface area (Å²) in [4.78, 5) is 22.5. The van der Waals surface area contributed by atoms with Gasteiger partial charge in [-0.2, -0.15) is 4.98 Å². The van der Waals surface area contributed by atoms with Crippen molar-refractivity contribution in [1.29, 1.82) is 0 Å². The van der Waals surface area contributed by atoms with Crippen LogP contribution < -0.4 is 9.64 Å². The monoisotopic (exact) mass is 391 g/mol. The van der Waals surface area contributed by atoms with Crippen LogP contribution in [0, 0.1) is 0 Å². The molecule has 0 saturated carbocycles. The maximum Gasteiger partial charge on any atom is 0.335 e. The van der Waals surface area contributed by atoms with Gasteiger partial charge in [-0.1, -0.05) is 30.3 Å². The minimum absolute atomic E-state index is 0.154. The molecule has 148 valence electrons. The Labute approximate surface area is 168 Å². The summed E-state index contributed by atoms with van der Waals surface area (Å²) in [6.07, 6.45) is 0.922. The number of carboxylic acids is 1. The van der Waals surface area contributed by atoms with Gasteiger partial charge in [-0.3, -0.25) is 0 Å². The van der Waals surface area contributed by atoms with Crippen LogP contribution in [-0.4, -0.2) is 34.7 Å². The lowest BCUT2D eigenvalue weighted by Crippen LogP contribution is -2.32. The molecule has 0 spiro atoms. The maximum absolute atomic E-state index is 11.2. The number of methoxy groups -OCH3 is 1. The summed E-state index contributed by atoms with van der Waals surface area (Å²) < 4.78 is 11.1. The second-order valence-corrected chi connectivity index (χ2v) is 6.81. The van der Waals surface area contributed by atoms with E-state index in [1.807, 2.05) is 6.07 Å². The zero-order chi connectivity index (χ0) is 20.2. The number of aromatic carboxylic acids is 1. The number of nitrogens with zero attached hydrogens (tertiary/aromatic N) is 3. The predicted octanol–water partition coefficient (Wildman–Crippen LogP) is 3.68. The minimum Gasteiger partial charge on any atom is -0.478 e. The van der Waals surface area contributed by atoms with E-state index in [1.165, 1.54) is 23.3 Å². The maximum atomic E-state index is 11.2. The second kappa shape index (κ2) is 8.28. The summed E-state index contributed by atoms with van der Waals surface area (Å²) in [5.74, 6) is 0.315. The van der Waals surface area contributed by atoms with Gasteiger partial charge in [0.25, 0.3) is 0 Å². The van der Waals surface area contributed by atoms with Crippen molar-refractivity contribution in [2.75, 3.05) is 18.6 Å². The Hall–Kier alpha value is -3.45. The molecule has 2 heterocycles. The van der Waals surface area contributed by atoms with Crippen molar-refractivity contribution in [1.82, 2.24) is 9.97 Å². The molecule has 1 aliphatic rings. The zero-order valence-corrected chi connectivity index (χ0v) is 16.0. The zero-order valence-electron chi connectivity index (χ0n) is 16.0. The molecule has 1 aliphatic heterocycles. The summed E-state index contributed by atoms with van der Waals surface area (Å²) in [6.45, 7) is 1.85. The molecule has 0 fully saturated rings. The van der Waals surface area contributed by atoms with E-state index >= 15 is 0 Å². The van der Waals surface area contributed by atoms with Crippen molar-refractivity contribution in [3.05, 3.63) is 77.0 Å². The smallest absolute Gasteiger partial charge is 0.335 e. The average Bonchev–Trinajstić information content (AvgIpc) is 2.73. The highest BCUT2D eigenvalue weighted by atomic mass is 16.5. The number of carboxylic acid groups (broad SMARTS) is 1. The van der Waals surface area contributed by atoms with Crippen LogP contribution in [0.4, 0.5) is 5.95 Å². The Morgan fingerprint density at radius 2 is 1.93 bits per heavy atom. The number of hydrogen-bond acceptors (Lipinski definition) is 6. The molecule has 1 N–H and O–H groups in total. The van der Waals surface area contributed by atoms with Gasteiger partial charge in [0.1, 0.15) is 5.75 Å². The van der Waals surface area contributed by atoms with E-state index in [0.717, 1.165) is 19.5 Å².